The van der Waals surface area contributed by atoms with Gasteiger partial charge in [-0.25, -0.2) is 0 Å². The number of hydrogen-bond donors (Lipinski definition) is 1. The van der Waals surface area contributed by atoms with E-state index in [1.807, 2.05) is 0 Å². The summed E-state index contributed by atoms with van der Waals surface area (Å²) in [4.78, 5) is 2.35. The molecule has 0 spiro atoms. The van der Waals surface area contributed by atoms with Crippen LogP contribution in [0.5, 0.6) is 0 Å². The van der Waals surface area contributed by atoms with Crippen LogP contribution in [0, 0.1) is 20.8 Å². The fourth-order valence-electron chi connectivity index (χ4n) is 2.96. The molecule has 2 nitrogen and oxygen atoms in total. The molecule has 0 aliphatic rings. The number of likely N-dealkylation sites (N-methyl/N-ethyl adjacent to an activating group) is 1. The molecular weight excluding hydrogens is 256 g/mol. The number of aryl methyl sites for hydroxylation is 3. The van der Waals surface area contributed by atoms with Crippen molar-refractivity contribution in [3.63, 3.8) is 0 Å². The fourth-order valence-corrected chi connectivity index (χ4v) is 2.96. The third kappa shape index (κ3) is 3.72. The first kappa shape index (κ1) is 15.7. The van der Waals surface area contributed by atoms with Gasteiger partial charge in [-0.05, 0) is 50.1 Å². The molecule has 2 aromatic carbocycles. The van der Waals surface area contributed by atoms with E-state index in [-0.39, 0.29) is 6.04 Å². The standard InChI is InChI=1S/C19H26N2/c1-14-8-10-17(11-9-14)13-21(4)18(12-20)19-15(2)6-5-7-16(19)3/h5-11,18H,12-13,20H2,1-4H3. The van der Waals surface area contributed by atoms with Crippen LogP contribution in [0.2, 0.25) is 0 Å². The van der Waals surface area contributed by atoms with E-state index >= 15 is 0 Å². The zero-order valence-electron chi connectivity index (χ0n) is 13.6. The van der Waals surface area contributed by atoms with Crippen molar-refractivity contribution in [1.82, 2.24) is 4.90 Å². The minimum absolute atomic E-state index is 0.257. The Labute approximate surface area is 128 Å². The lowest BCUT2D eigenvalue weighted by Crippen LogP contribution is -2.31. The first-order chi connectivity index (χ1) is 10.0. The molecule has 0 saturated heterocycles. The second kappa shape index (κ2) is 6.88. The Morgan fingerprint density at radius 1 is 0.952 bits per heavy atom. The van der Waals surface area contributed by atoms with E-state index in [0.29, 0.717) is 6.54 Å². The van der Waals surface area contributed by atoms with Gasteiger partial charge in [-0.2, -0.15) is 0 Å². The van der Waals surface area contributed by atoms with Crippen molar-refractivity contribution >= 4 is 0 Å². The Kier molecular flexibility index (Phi) is 5.16. The van der Waals surface area contributed by atoms with Crippen LogP contribution in [0.25, 0.3) is 0 Å². The molecule has 21 heavy (non-hydrogen) atoms. The second-order valence-corrected chi connectivity index (χ2v) is 5.96. The quantitative estimate of drug-likeness (QED) is 0.905. The number of nitrogens with zero attached hydrogens (tertiary/aromatic N) is 1. The van der Waals surface area contributed by atoms with E-state index in [9.17, 15) is 0 Å². The molecule has 2 rings (SSSR count). The van der Waals surface area contributed by atoms with Gasteiger partial charge in [-0.1, -0.05) is 48.0 Å². The third-order valence-electron chi connectivity index (χ3n) is 4.18. The number of rotatable bonds is 5. The summed E-state index contributed by atoms with van der Waals surface area (Å²) in [7, 11) is 2.16. The summed E-state index contributed by atoms with van der Waals surface area (Å²) >= 11 is 0. The monoisotopic (exact) mass is 282 g/mol. The molecule has 112 valence electrons. The van der Waals surface area contributed by atoms with Crippen LogP contribution >= 0.6 is 0 Å². The number of benzene rings is 2. The van der Waals surface area contributed by atoms with Crippen molar-refractivity contribution in [3.05, 3.63) is 70.3 Å². The summed E-state index contributed by atoms with van der Waals surface area (Å²) in [5, 5.41) is 0. The van der Waals surface area contributed by atoms with Crippen molar-refractivity contribution in [2.24, 2.45) is 5.73 Å². The lowest BCUT2D eigenvalue weighted by atomic mass is 9.95. The van der Waals surface area contributed by atoms with E-state index in [2.05, 4.69) is 75.2 Å². The molecule has 0 saturated carbocycles. The molecule has 0 aliphatic heterocycles. The Balaban J connectivity index is 2.22. The summed E-state index contributed by atoms with van der Waals surface area (Å²) in [6.07, 6.45) is 0. The van der Waals surface area contributed by atoms with Gasteiger partial charge in [0.15, 0.2) is 0 Å². The predicted molar refractivity (Wildman–Crippen MR) is 90.4 cm³/mol. The first-order valence-corrected chi connectivity index (χ1v) is 7.55. The van der Waals surface area contributed by atoms with Gasteiger partial charge in [0.1, 0.15) is 0 Å². The molecule has 0 amide bonds. The fraction of sp³-hybridized carbons (Fsp3) is 0.368. The lowest BCUT2D eigenvalue weighted by molar-refractivity contribution is 0.240. The molecule has 0 aromatic heterocycles. The van der Waals surface area contributed by atoms with Gasteiger partial charge in [0.2, 0.25) is 0 Å². The summed E-state index contributed by atoms with van der Waals surface area (Å²) in [6.45, 7) is 8.01. The van der Waals surface area contributed by atoms with Crippen LogP contribution in [0.3, 0.4) is 0 Å². The zero-order chi connectivity index (χ0) is 15.4. The molecule has 1 unspecified atom stereocenters. The van der Waals surface area contributed by atoms with Crippen molar-refractivity contribution < 1.29 is 0 Å². The third-order valence-corrected chi connectivity index (χ3v) is 4.18. The summed E-state index contributed by atoms with van der Waals surface area (Å²) in [5.74, 6) is 0. The Hall–Kier alpha value is -1.64. The summed E-state index contributed by atoms with van der Waals surface area (Å²) < 4.78 is 0. The van der Waals surface area contributed by atoms with E-state index in [0.717, 1.165) is 6.54 Å². The molecule has 0 bridgehead atoms. The maximum absolute atomic E-state index is 6.08. The van der Waals surface area contributed by atoms with Crippen LogP contribution in [0.4, 0.5) is 0 Å². The molecule has 0 heterocycles. The van der Waals surface area contributed by atoms with Crippen LogP contribution < -0.4 is 5.73 Å². The average Bonchev–Trinajstić information content (AvgIpc) is 2.45. The first-order valence-electron chi connectivity index (χ1n) is 7.55. The highest BCUT2D eigenvalue weighted by molar-refractivity contribution is 5.36. The van der Waals surface area contributed by atoms with Gasteiger partial charge in [-0.15, -0.1) is 0 Å². The zero-order valence-corrected chi connectivity index (χ0v) is 13.6. The van der Waals surface area contributed by atoms with Crippen molar-refractivity contribution in [2.45, 2.75) is 33.4 Å². The maximum atomic E-state index is 6.08. The Morgan fingerprint density at radius 3 is 2.05 bits per heavy atom. The van der Waals surface area contributed by atoms with E-state index in [4.69, 9.17) is 5.73 Å². The molecule has 0 radical (unpaired) electrons. The number of hydrogen-bond acceptors (Lipinski definition) is 2. The summed E-state index contributed by atoms with van der Waals surface area (Å²) in [6, 6.07) is 15.4. The molecule has 2 aromatic rings. The van der Waals surface area contributed by atoms with Gasteiger partial charge in [0, 0.05) is 19.1 Å². The normalized spacial score (nSPS) is 12.7. The molecule has 2 heteroatoms. The topological polar surface area (TPSA) is 29.3 Å². The van der Waals surface area contributed by atoms with E-state index < -0.39 is 0 Å². The molecular formula is C19H26N2. The minimum Gasteiger partial charge on any atom is -0.329 e. The number of nitrogens with two attached hydrogens (primary N) is 1. The molecule has 0 fully saturated rings. The van der Waals surface area contributed by atoms with Crippen molar-refractivity contribution in [1.29, 1.82) is 0 Å². The van der Waals surface area contributed by atoms with Gasteiger partial charge in [0.25, 0.3) is 0 Å². The average molecular weight is 282 g/mol. The van der Waals surface area contributed by atoms with Crippen LogP contribution in [0.1, 0.15) is 33.9 Å². The van der Waals surface area contributed by atoms with Crippen molar-refractivity contribution in [2.75, 3.05) is 13.6 Å². The second-order valence-electron chi connectivity index (χ2n) is 5.96. The largest absolute Gasteiger partial charge is 0.329 e. The summed E-state index contributed by atoms with van der Waals surface area (Å²) in [5.41, 5.74) is 12.7. The van der Waals surface area contributed by atoms with Gasteiger partial charge >= 0.3 is 0 Å². The highest BCUT2D eigenvalue weighted by Crippen LogP contribution is 2.26. The van der Waals surface area contributed by atoms with E-state index in [1.165, 1.54) is 27.8 Å². The van der Waals surface area contributed by atoms with Crippen LogP contribution in [-0.2, 0) is 6.54 Å². The van der Waals surface area contributed by atoms with Crippen LogP contribution in [-0.4, -0.2) is 18.5 Å². The van der Waals surface area contributed by atoms with Crippen molar-refractivity contribution in [3.8, 4) is 0 Å². The Bertz CT molecular complexity index is 567. The highest BCUT2D eigenvalue weighted by atomic mass is 15.1. The smallest absolute Gasteiger partial charge is 0.0476 e. The van der Waals surface area contributed by atoms with Gasteiger partial charge in [0.05, 0.1) is 0 Å². The molecule has 0 aliphatic carbocycles. The molecule has 1 atom stereocenters. The molecule has 2 N–H and O–H groups in total. The van der Waals surface area contributed by atoms with E-state index in [1.54, 1.807) is 0 Å². The van der Waals surface area contributed by atoms with Crippen LogP contribution in [0.15, 0.2) is 42.5 Å². The Morgan fingerprint density at radius 2 is 1.52 bits per heavy atom. The lowest BCUT2D eigenvalue weighted by Gasteiger charge is -2.30. The highest BCUT2D eigenvalue weighted by Gasteiger charge is 2.19. The predicted octanol–water partition coefficient (Wildman–Crippen LogP) is 3.74. The SMILES string of the molecule is Cc1ccc(CN(C)C(CN)c2c(C)cccc2C)cc1. The minimum atomic E-state index is 0.257. The van der Waals surface area contributed by atoms with Gasteiger partial charge < -0.3 is 5.73 Å². The van der Waals surface area contributed by atoms with Gasteiger partial charge in [-0.3, -0.25) is 4.90 Å². The maximum Gasteiger partial charge on any atom is 0.0476 e.